The summed E-state index contributed by atoms with van der Waals surface area (Å²) in [5.74, 6) is -0.246. The third-order valence-electron chi connectivity index (χ3n) is 2.68. The summed E-state index contributed by atoms with van der Waals surface area (Å²) in [6.07, 6.45) is 3.49. The van der Waals surface area contributed by atoms with E-state index in [1.54, 1.807) is 24.5 Å². The van der Waals surface area contributed by atoms with Crippen molar-refractivity contribution in [3.63, 3.8) is 0 Å². The Hall–Kier alpha value is -1.46. The number of nitrogens with zero attached hydrogens (tertiary/aromatic N) is 2. The average molecular weight is 277 g/mol. The summed E-state index contributed by atoms with van der Waals surface area (Å²) in [4.78, 5) is 8.46. The molecule has 0 spiro atoms. The Morgan fingerprint density at radius 2 is 1.84 bits per heavy atom. The number of nitrogens with two attached hydrogens (primary N) is 1. The normalized spacial score (nSPS) is 14.1. The Bertz CT molecular complexity index is 543. The van der Waals surface area contributed by atoms with E-state index in [1.165, 1.54) is 17.8 Å². The lowest BCUT2D eigenvalue weighted by Crippen LogP contribution is -2.23. The molecule has 3 nitrogen and oxygen atoms in total. The summed E-state index contributed by atoms with van der Waals surface area (Å²) in [5.41, 5.74) is 7.55. The average Bonchev–Trinajstić information content (AvgIpc) is 2.39. The van der Waals surface area contributed by atoms with Gasteiger partial charge < -0.3 is 5.73 Å². The lowest BCUT2D eigenvalue weighted by Gasteiger charge is -2.20. The van der Waals surface area contributed by atoms with Crippen molar-refractivity contribution < 1.29 is 4.39 Å². The van der Waals surface area contributed by atoms with E-state index in [0.29, 0.717) is 10.7 Å². The van der Waals surface area contributed by atoms with Gasteiger partial charge in [0.2, 0.25) is 0 Å². The Labute approximate surface area is 116 Å². The Morgan fingerprint density at radius 3 is 2.42 bits per heavy atom. The Kier molecular flexibility index (Phi) is 4.50. The standard InChI is InChI=1S/C14H16FN3S/c1-9-7-17-14(18-8-9)19-13(10(2)16)11-5-3-4-6-12(11)15/h3-8,10,13H,16H2,1-2H3. The summed E-state index contributed by atoms with van der Waals surface area (Å²) in [6.45, 7) is 3.78. The van der Waals surface area contributed by atoms with Gasteiger partial charge in [0.1, 0.15) is 5.82 Å². The zero-order valence-corrected chi connectivity index (χ0v) is 11.7. The summed E-state index contributed by atoms with van der Waals surface area (Å²) < 4.78 is 13.9. The molecule has 19 heavy (non-hydrogen) atoms. The second-order valence-electron chi connectivity index (χ2n) is 4.46. The highest BCUT2D eigenvalue weighted by atomic mass is 32.2. The van der Waals surface area contributed by atoms with Crippen LogP contribution in [-0.4, -0.2) is 16.0 Å². The van der Waals surface area contributed by atoms with Crippen molar-refractivity contribution in [2.75, 3.05) is 0 Å². The lowest BCUT2D eigenvalue weighted by molar-refractivity contribution is 0.592. The van der Waals surface area contributed by atoms with Crippen LogP contribution in [0.2, 0.25) is 0 Å². The van der Waals surface area contributed by atoms with Crippen molar-refractivity contribution >= 4 is 11.8 Å². The summed E-state index contributed by atoms with van der Waals surface area (Å²) in [6, 6.07) is 6.48. The summed E-state index contributed by atoms with van der Waals surface area (Å²) in [5, 5.41) is 0.403. The first kappa shape index (κ1) is 14.0. The van der Waals surface area contributed by atoms with Crippen LogP contribution >= 0.6 is 11.8 Å². The molecule has 100 valence electrons. The first-order valence-electron chi connectivity index (χ1n) is 6.03. The van der Waals surface area contributed by atoms with Crippen LogP contribution < -0.4 is 5.73 Å². The SMILES string of the molecule is Cc1cnc(SC(c2ccccc2F)C(C)N)nc1. The highest BCUT2D eigenvalue weighted by molar-refractivity contribution is 7.99. The molecule has 0 aliphatic heterocycles. The molecular formula is C14H16FN3S. The van der Waals surface area contributed by atoms with E-state index in [9.17, 15) is 4.39 Å². The molecule has 5 heteroatoms. The fourth-order valence-corrected chi connectivity index (χ4v) is 2.70. The van der Waals surface area contributed by atoms with Crippen molar-refractivity contribution in [1.82, 2.24) is 9.97 Å². The molecule has 0 bridgehead atoms. The smallest absolute Gasteiger partial charge is 0.188 e. The molecule has 2 N–H and O–H groups in total. The molecule has 0 saturated heterocycles. The van der Waals surface area contributed by atoms with E-state index in [0.717, 1.165) is 5.56 Å². The highest BCUT2D eigenvalue weighted by Crippen LogP contribution is 2.36. The van der Waals surface area contributed by atoms with Gasteiger partial charge in [0.25, 0.3) is 0 Å². The van der Waals surface area contributed by atoms with Gasteiger partial charge >= 0.3 is 0 Å². The van der Waals surface area contributed by atoms with E-state index in [1.807, 2.05) is 19.9 Å². The van der Waals surface area contributed by atoms with Crippen LogP contribution in [0.25, 0.3) is 0 Å². The first-order valence-corrected chi connectivity index (χ1v) is 6.91. The number of hydrogen-bond acceptors (Lipinski definition) is 4. The van der Waals surface area contributed by atoms with Crippen LogP contribution in [0.3, 0.4) is 0 Å². The minimum atomic E-state index is -0.246. The molecule has 2 rings (SSSR count). The van der Waals surface area contributed by atoms with Crippen LogP contribution in [0.1, 0.15) is 23.3 Å². The summed E-state index contributed by atoms with van der Waals surface area (Å²) in [7, 11) is 0. The van der Waals surface area contributed by atoms with Crippen molar-refractivity contribution in [2.24, 2.45) is 5.73 Å². The van der Waals surface area contributed by atoms with Gasteiger partial charge in [-0.25, -0.2) is 14.4 Å². The highest BCUT2D eigenvalue weighted by Gasteiger charge is 2.21. The van der Waals surface area contributed by atoms with Crippen molar-refractivity contribution in [2.45, 2.75) is 30.3 Å². The minimum Gasteiger partial charge on any atom is -0.327 e. The predicted octanol–water partition coefficient (Wildman–Crippen LogP) is 3.10. The molecule has 0 amide bonds. The van der Waals surface area contributed by atoms with Gasteiger partial charge in [-0.2, -0.15) is 0 Å². The van der Waals surface area contributed by atoms with Gasteiger partial charge in [-0.3, -0.25) is 0 Å². The molecular weight excluding hydrogens is 261 g/mol. The molecule has 2 atom stereocenters. The van der Waals surface area contributed by atoms with Gasteiger partial charge in [0, 0.05) is 24.0 Å². The van der Waals surface area contributed by atoms with Gasteiger partial charge in [-0.15, -0.1) is 0 Å². The van der Waals surface area contributed by atoms with Gasteiger partial charge in [-0.05, 0) is 25.5 Å². The Balaban J connectivity index is 2.27. The molecule has 0 aliphatic rings. The Morgan fingerprint density at radius 1 is 1.21 bits per heavy atom. The topological polar surface area (TPSA) is 51.8 Å². The van der Waals surface area contributed by atoms with Crippen LogP contribution in [0.15, 0.2) is 41.8 Å². The third kappa shape index (κ3) is 3.52. The van der Waals surface area contributed by atoms with Crippen LogP contribution in [-0.2, 0) is 0 Å². The lowest BCUT2D eigenvalue weighted by atomic mass is 10.1. The maximum absolute atomic E-state index is 13.9. The van der Waals surface area contributed by atoms with E-state index in [4.69, 9.17) is 5.73 Å². The van der Waals surface area contributed by atoms with Gasteiger partial charge in [0.15, 0.2) is 5.16 Å². The molecule has 0 aliphatic carbocycles. The van der Waals surface area contributed by atoms with Gasteiger partial charge in [0.05, 0.1) is 5.25 Å². The van der Waals surface area contributed by atoms with Crippen molar-refractivity contribution in [1.29, 1.82) is 0 Å². The van der Waals surface area contributed by atoms with E-state index >= 15 is 0 Å². The van der Waals surface area contributed by atoms with Crippen molar-refractivity contribution in [3.05, 3.63) is 53.6 Å². The molecule has 1 heterocycles. The number of aryl methyl sites for hydroxylation is 1. The largest absolute Gasteiger partial charge is 0.327 e. The summed E-state index contributed by atoms with van der Waals surface area (Å²) >= 11 is 1.39. The zero-order valence-electron chi connectivity index (χ0n) is 10.9. The van der Waals surface area contributed by atoms with E-state index in [-0.39, 0.29) is 17.1 Å². The third-order valence-corrected chi connectivity index (χ3v) is 4.04. The van der Waals surface area contributed by atoms with E-state index < -0.39 is 0 Å². The quantitative estimate of drug-likeness (QED) is 0.689. The zero-order chi connectivity index (χ0) is 13.8. The predicted molar refractivity (Wildman–Crippen MR) is 75.4 cm³/mol. The minimum absolute atomic E-state index is 0.202. The monoisotopic (exact) mass is 277 g/mol. The number of hydrogen-bond donors (Lipinski definition) is 1. The van der Waals surface area contributed by atoms with Crippen LogP contribution in [0, 0.1) is 12.7 Å². The number of rotatable bonds is 4. The molecule has 2 aromatic rings. The number of halogens is 1. The van der Waals surface area contributed by atoms with E-state index in [2.05, 4.69) is 9.97 Å². The number of thioether (sulfide) groups is 1. The molecule has 0 saturated carbocycles. The maximum atomic E-state index is 13.9. The maximum Gasteiger partial charge on any atom is 0.188 e. The molecule has 1 aromatic heterocycles. The fraction of sp³-hybridized carbons (Fsp3) is 0.286. The second-order valence-corrected chi connectivity index (χ2v) is 5.57. The fourth-order valence-electron chi connectivity index (χ4n) is 1.72. The molecule has 1 aromatic carbocycles. The molecule has 2 unspecified atom stereocenters. The number of benzene rings is 1. The van der Waals surface area contributed by atoms with Crippen LogP contribution in [0.5, 0.6) is 0 Å². The molecule has 0 radical (unpaired) electrons. The molecule has 0 fully saturated rings. The van der Waals surface area contributed by atoms with Crippen LogP contribution in [0.4, 0.5) is 4.39 Å². The second kappa shape index (κ2) is 6.12. The van der Waals surface area contributed by atoms with Crippen molar-refractivity contribution in [3.8, 4) is 0 Å². The number of aromatic nitrogens is 2. The first-order chi connectivity index (χ1) is 9.08. The van der Waals surface area contributed by atoms with Gasteiger partial charge in [-0.1, -0.05) is 30.0 Å².